The number of benzene rings is 2. The highest BCUT2D eigenvalue weighted by Crippen LogP contribution is 2.26. The van der Waals surface area contributed by atoms with Gasteiger partial charge in [-0.1, -0.05) is 17.7 Å². The molecule has 2 amide bonds. The van der Waals surface area contributed by atoms with Gasteiger partial charge in [0.2, 0.25) is 5.91 Å². The van der Waals surface area contributed by atoms with Gasteiger partial charge < -0.3 is 19.7 Å². The molecule has 0 fully saturated rings. The van der Waals surface area contributed by atoms with Crippen molar-refractivity contribution in [2.75, 3.05) is 26.5 Å². The predicted molar refractivity (Wildman–Crippen MR) is 121 cm³/mol. The number of aromatic nitrogens is 1. The van der Waals surface area contributed by atoms with Gasteiger partial charge in [0, 0.05) is 25.0 Å². The second-order valence-corrected chi connectivity index (χ2v) is 8.12. The van der Waals surface area contributed by atoms with Crippen LogP contribution >= 0.6 is 11.3 Å². The van der Waals surface area contributed by atoms with Gasteiger partial charge in [0.1, 0.15) is 23.1 Å². The summed E-state index contributed by atoms with van der Waals surface area (Å²) in [5.41, 5.74) is 2.73. The maximum atomic E-state index is 12.6. The van der Waals surface area contributed by atoms with Gasteiger partial charge in [0.25, 0.3) is 5.91 Å². The molecule has 0 bridgehead atoms. The molecule has 2 aromatic carbocycles. The predicted octanol–water partition coefficient (Wildman–Crippen LogP) is 3.92. The Morgan fingerprint density at radius 2 is 1.87 bits per heavy atom. The van der Waals surface area contributed by atoms with E-state index in [1.54, 1.807) is 32.3 Å². The molecule has 3 rings (SSSR count). The molecule has 0 aliphatic heterocycles. The number of ether oxygens (including phenoxy) is 2. The average molecular weight is 440 g/mol. The van der Waals surface area contributed by atoms with E-state index >= 15 is 0 Å². The van der Waals surface area contributed by atoms with Gasteiger partial charge in [-0.3, -0.25) is 9.59 Å². The van der Waals surface area contributed by atoms with Gasteiger partial charge in [-0.2, -0.15) is 0 Å². The third-order valence-corrected chi connectivity index (χ3v) is 5.32. The normalized spacial score (nSPS) is 10.5. The molecular formula is C23H25N3O4S. The number of carbonyl (C=O) groups is 2. The molecule has 0 radical (unpaired) electrons. The van der Waals surface area contributed by atoms with Crippen molar-refractivity contribution in [2.45, 2.75) is 20.0 Å². The highest BCUT2D eigenvalue weighted by Gasteiger charge is 2.15. The second kappa shape index (κ2) is 10.1. The number of nitrogens with one attached hydrogen (secondary N) is 1. The van der Waals surface area contributed by atoms with Gasteiger partial charge in [-0.15, -0.1) is 11.3 Å². The van der Waals surface area contributed by atoms with E-state index in [0.29, 0.717) is 29.3 Å². The van der Waals surface area contributed by atoms with Crippen LogP contribution in [0.15, 0.2) is 47.8 Å². The van der Waals surface area contributed by atoms with Crippen molar-refractivity contribution in [2.24, 2.45) is 0 Å². The Labute approximate surface area is 185 Å². The zero-order chi connectivity index (χ0) is 22.4. The number of methoxy groups -OCH3 is 1. The summed E-state index contributed by atoms with van der Waals surface area (Å²) in [6, 6.07) is 12.7. The Bertz CT molecular complexity index is 1060. The van der Waals surface area contributed by atoms with Crippen molar-refractivity contribution < 1.29 is 19.1 Å². The molecular weight excluding hydrogens is 414 g/mol. The number of amides is 2. The van der Waals surface area contributed by atoms with Crippen LogP contribution in [0.2, 0.25) is 0 Å². The van der Waals surface area contributed by atoms with Crippen molar-refractivity contribution in [1.82, 2.24) is 9.88 Å². The van der Waals surface area contributed by atoms with E-state index in [2.05, 4.69) is 10.3 Å². The second-order valence-electron chi connectivity index (χ2n) is 7.17. The summed E-state index contributed by atoms with van der Waals surface area (Å²) in [6.07, 6.45) is 0.107. The largest absolute Gasteiger partial charge is 0.495 e. The molecule has 0 spiro atoms. The number of carbonyl (C=O) groups excluding carboxylic acids is 2. The lowest BCUT2D eigenvalue weighted by Gasteiger charge is -2.14. The van der Waals surface area contributed by atoms with E-state index in [4.69, 9.17) is 9.47 Å². The van der Waals surface area contributed by atoms with Gasteiger partial charge in [0.15, 0.2) is 0 Å². The Hall–Kier alpha value is -3.39. The minimum absolute atomic E-state index is 0.107. The molecule has 1 heterocycles. The summed E-state index contributed by atoms with van der Waals surface area (Å²) in [4.78, 5) is 30.7. The van der Waals surface area contributed by atoms with Crippen LogP contribution < -0.4 is 14.8 Å². The van der Waals surface area contributed by atoms with Crippen molar-refractivity contribution in [3.05, 3.63) is 69.7 Å². The van der Waals surface area contributed by atoms with Crippen molar-refractivity contribution in [3.63, 3.8) is 0 Å². The van der Waals surface area contributed by atoms with Gasteiger partial charge >= 0.3 is 0 Å². The summed E-state index contributed by atoms with van der Waals surface area (Å²) >= 11 is 1.45. The summed E-state index contributed by atoms with van der Waals surface area (Å²) in [7, 11) is 4.86. The SMILES string of the molecule is COc1ccc(C(=O)N(C)C)cc1NC(=O)Cc1csc(COc2ccc(C)cc2)n1. The Morgan fingerprint density at radius 3 is 2.55 bits per heavy atom. The van der Waals surface area contributed by atoms with Crippen LogP contribution in [0.25, 0.3) is 0 Å². The lowest BCUT2D eigenvalue weighted by atomic mass is 10.1. The lowest BCUT2D eigenvalue weighted by Crippen LogP contribution is -2.22. The van der Waals surface area contributed by atoms with E-state index < -0.39 is 0 Å². The fraction of sp³-hybridized carbons (Fsp3) is 0.261. The Kier molecular flexibility index (Phi) is 7.25. The van der Waals surface area contributed by atoms with E-state index in [0.717, 1.165) is 10.8 Å². The van der Waals surface area contributed by atoms with Crippen LogP contribution in [0.1, 0.15) is 26.6 Å². The highest BCUT2D eigenvalue weighted by molar-refractivity contribution is 7.09. The molecule has 7 nitrogen and oxygen atoms in total. The zero-order valence-electron chi connectivity index (χ0n) is 18.0. The van der Waals surface area contributed by atoms with Crippen LogP contribution in [-0.4, -0.2) is 42.9 Å². The van der Waals surface area contributed by atoms with Gasteiger partial charge in [-0.25, -0.2) is 4.98 Å². The summed E-state index contributed by atoms with van der Waals surface area (Å²) in [5.74, 6) is 0.855. The highest BCUT2D eigenvalue weighted by atomic mass is 32.1. The van der Waals surface area contributed by atoms with Crippen LogP contribution in [0, 0.1) is 6.92 Å². The number of anilines is 1. The Morgan fingerprint density at radius 1 is 1.13 bits per heavy atom. The number of aryl methyl sites for hydroxylation is 1. The first-order valence-corrected chi connectivity index (χ1v) is 10.6. The molecule has 0 unspecified atom stereocenters. The minimum atomic E-state index is -0.246. The van der Waals surface area contributed by atoms with Crippen LogP contribution in [0.5, 0.6) is 11.5 Å². The number of nitrogens with zero attached hydrogens (tertiary/aromatic N) is 2. The van der Waals surface area contributed by atoms with Crippen LogP contribution in [0.4, 0.5) is 5.69 Å². The summed E-state index contributed by atoms with van der Waals surface area (Å²) in [6.45, 7) is 2.37. The van der Waals surface area contributed by atoms with Crippen LogP contribution in [0.3, 0.4) is 0 Å². The molecule has 3 aromatic rings. The molecule has 1 aromatic heterocycles. The first kappa shape index (κ1) is 22.3. The summed E-state index contributed by atoms with van der Waals surface area (Å²) < 4.78 is 11.0. The fourth-order valence-electron chi connectivity index (χ4n) is 2.83. The maximum absolute atomic E-state index is 12.6. The standard InChI is InChI=1S/C23H25N3O4S/c1-15-5-8-18(9-6-15)30-13-22-24-17(14-31-22)12-21(27)25-19-11-16(23(28)26(2)3)7-10-20(19)29-4/h5-11,14H,12-13H2,1-4H3,(H,25,27). The van der Waals surface area contributed by atoms with Crippen LogP contribution in [-0.2, 0) is 17.8 Å². The van der Waals surface area contributed by atoms with E-state index in [9.17, 15) is 9.59 Å². The number of hydrogen-bond acceptors (Lipinski definition) is 6. The van der Waals surface area contributed by atoms with E-state index in [1.165, 1.54) is 28.9 Å². The third-order valence-electron chi connectivity index (χ3n) is 4.45. The molecule has 0 aliphatic rings. The van der Waals surface area contributed by atoms with Gasteiger partial charge in [0.05, 0.1) is 24.9 Å². The molecule has 8 heteroatoms. The van der Waals surface area contributed by atoms with Gasteiger partial charge in [-0.05, 0) is 37.3 Å². The number of hydrogen-bond donors (Lipinski definition) is 1. The van der Waals surface area contributed by atoms with Crippen molar-refractivity contribution in [3.8, 4) is 11.5 Å². The smallest absolute Gasteiger partial charge is 0.253 e. The monoisotopic (exact) mass is 439 g/mol. The Balaban J connectivity index is 1.61. The van der Waals surface area contributed by atoms with Crippen molar-refractivity contribution in [1.29, 1.82) is 0 Å². The van der Waals surface area contributed by atoms with E-state index in [1.807, 2.05) is 36.6 Å². The third kappa shape index (κ3) is 6.05. The first-order chi connectivity index (χ1) is 14.9. The molecule has 162 valence electrons. The molecule has 1 N–H and O–H groups in total. The maximum Gasteiger partial charge on any atom is 0.253 e. The average Bonchev–Trinajstić information content (AvgIpc) is 3.19. The van der Waals surface area contributed by atoms with E-state index in [-0.39, 0.29) is 18.2 Å². The number of thiazole rings is 1. The molecule has 0 saturated carbocycles. The quantitative estimate of drug-likeness (QED) is 0.575. The topological polar surface area (TPSA) is 80.8 Å². The first-order valence-electron chi connectivity index (χ1n) is 9.68. The molecule has 0 aliphatic carbocycles. The van der Waals surface area contributed by atoms with Crippen molar-refractivity contribution >= 4 is 28.8 Å². The minimum Gasteiger partial charge on any atom is -0.495 e. The zero-order valence-corrected chi connectivity index (χ0v) is 18.8. The fourth-order valence-corrected chi connectivity index (χ4v) is 3.54. The lowest BCUT2D eigenvalue weighted by molar-refractivity contribution is -0.115. The molecule has 0 atom stereocenters. The number of rotatable bonds is 8. The molecule has 0 saturated heterocycles. The summed E-state index contributed by atoms with van der Waals surface area (Å²) in [5, 5.41) is 5.45. The molecule has 31 heavy (non-hydrogen) atoms.